The van der Waals surface area contributed by atoms with E-state index in [2.05, 4.69) is 29.9 Å². The molecule has 0 aliphatic carbocycles. The third-order valence-electron chi connectivity index (χ3n) is 2.72. The fraction of sp³-hybridized carbons (Fsp3) is 0.429. The van der Waals surface area contributed by atoms with Crippen LogP contribution in [0.2, 0.25) is 0 Å². The van der Waals surface area contributed by atoms with Gasteiger partial charge in [0.2, 0.25) is 0 Å². The van der Waals surface area contributed by atoms with Gasteiger partial charge in [0.25, 0.3) is 0 Å². The van der Waals surface area contributed by atoms with Crippen molar-refractivity contribution in [3.05, 3.63) is 50.8 Å². The van der Waals surface area contributed by atoms with E-state index in [-0.39, 0.29) is 29.5 Å². The number of hydrogen-bond donors (Lipinski definition) is 2. The Morgan fingerprint density at radius 2 is 1.35 bits per heavy atom. The summed E-state index contributed by atoms with van der Waals surface area (Å²) >= 11 is 0. The van der Waals surface area contributed by atoms with E-state index in [1.165, 1.54) is 0 Å². The second kappa shape index (κ2) is 15.1. The number of aromatic amines is 2. The third kappa shape index (κ3) is 13.1. The van der Waals surface area contributed by atoms with Crippen molar-refractivity contribution in [2.45, 2.75) is 26.7 Å². The normalized spacial score (nSPS) is 10.1. The maximum absolute atomic E-state index is 8.25. The summed E-state index contributed by atoms with van der Waals surface area (Å²) in [5.74, 6) is 1.82. The molecule has 10 nitrogen and oxygen atoms in total. The number of nitrogens with zero attached hydrogens (tertiary/aromatic N) is 5. The van der Waals surface area contributed by atoms with Gasteiger partial charge in [-0.15, -0.1) is 0 Å². The first-order valence-electron chi connectivity index (χ1n) is 7.32. The van der Waals surface area contributed by atoms with E-state index in [0.29, 0.717) is 0 Å². The minimum atomic E-state index is -1.75. The molecule has 2 heterocycles. The first-order chi connectivity index (χ1) is 11.5. The number of aliphatic imine (C=N–C) groups is 2. The molecule has 12 heteroatoms. The number of hydrogen-bond acceptors (Lipinski definition) is 7. The molecule has 2 N–H and O–H groups in total. The predicted octanol–water partition coefficient (Wildman–Crippen LogP) is -1.17. The maximum Gasteiger partial charge on any atom is 2.00 e. The first kappa shape index (κ1) is 26.0. The van der Waals surface area contributed by atoms with E-state index < -0.39 is 5.09 Å². The van der Waals surface area contributed by atoms with Crippen LogP contribution in [0.25, 0.3) is 0 Å². The molecule has 0 unspecified atom stereocenters. The molecule has 0 spiro atoms. The monoisotopic (exact) mass is 432 g/mol. The fourth-order valence-electron chi connectivity index (χ4n) is 1.73. The van der Waals surface area contributed by atoms with Gasteiger partial charge in [0.05, 0.1) is 16.5 Å². The second-order valence-electron chi connectivity index (χ2n) is 4.82. The van der Waals surface area contributed by atoms with E-state index >= 15 is 0 Å². The van der Waals surface area contributed by atoms with Crippen molar-refractivity contribution in [2.75, 3.05) is 13.1 Å². The minimum Gasteiger partial charge on any atom is -1.00 e. The van der Waals surface area contributed by atoms with Crippen LogP contribution in [-0.2, 0) is 17.1 Å². The SMILES string of the molecule is Cc1nc(C=NCCCCN=Cc2c[nH]c(C)n2)c[nH]1.O=[N+]([O-])[O-].[Cl-].[Cu+2]. The van der Waals surface area contributed by atoms with Crippen LogP contribution >= 0.6 is 0 Å². The van der Waals surface area contributed by atoms with Crippen molar-refractivity contribution in [3.63, 3.8) is 0 Å². The van der Waals surface area contributed by atoms with Crippen molar-refractivity contribution < 1.29 is 34.6 Å². The second-order valence-corrected chi connectivity index (χ2v) is 4.82. The van der Waals surface area contributed by atoms with E-state index in [4.69, 9.17) is 15.3 Å². The van der Waals surface area contributed by atoms with Gasteiger partial charge in [0.1, 0.15) is 11.6 Å². The Hall–Kier alpha value is -2.23. The number of rotatable bonds is 7. The van der Waals surface area contributed by atoms with E-state index in [1.807, 2.05) is 26.2 Å². The van der Waals surface area contributed by atoms with Gasteiger partial charge in [0.15, 0.2) is 0 Å². The van der Waals surface area contributed by atoms with Crippen LogP contribution in [0.1, 0.15) is 35.9 Å². The summed E-state index contributed by atoms with van der Waals surface area (Å²) in [6, 6.07) is 0. The van der Waals surface area contributed by atoms with Gasteiger partial charge in [0, 0.05) is 37.9 Å². The van der Waals surface area contributed by atoms with Crippen LogP contribution in [-0.4, -0.2) is 50.5 Å². The number of H-pyrrole nitrogens is 2. The Kier molecular flexibility index (Phi) is 15.1. The molecule has 0 saturated carbocycles. The molecule has 0 aliphatic rings. The molecule has 26 heavy (non-hydrogen) atoms. The largest absolute Gasteiger partial charge is 2.00 e. The Bertz CT molecular complexity index is 631. The van der Waals surface area contributed by atoms with Crippen LogP contribution in [0.4, 0.5) is 0 Å². The molecule has 0 amide bonds. The van der Waals surface area contributed by atoms with E-state index in [0.717, 1.165) is 49.0 Å². The standard InChI is InChI=1S/C14H20N6.ClH.Cu.NO3/c1-11-17-9-13(19-11)7-15-5-3-4-6-16-8-14-10-18-12(2)20-14;;;2-1(3)4/h7-10H,3-6H2,1-2H3,(H,17,19)(H,18,20);1H;;/q;;+2;-1/p-1. The zero-order valence-corrected chi connectivity index (χ0v) is 16.0. The molecule has 0 saturated heterocycles. The Labute approximate surface area is 167 Å². The van der Waals surface area contributed by atoms with Crippen LogP contribution in [0, 0.1) is 29.2 Å². The third-order valence-corrected chi connectivity index (χ3v) is 2.72. The maximum atomic E-state index is 8.25. The number of aromatic nitrogens is 4. The quantitative estimate of drug-likeness (QED) is 0.186. The van der Waals surface area contributed by atoms with Crippen LogP contribution in [0.3, 0.4) is 0 Å². The molecule has 147 valence electrons. The average Bonchev–Trinajstić information content (AvgIpc) is 3.10. The minimum absolute atomic E-state index is 0. The molecule has 0 atom stereocenters. The van der Waals surface area contributed by atoms with Gasteiger partial charge >= 0.3 is 17.1 Å². The molecule has 1 radical (unpaired) electrons. The van der Waals surface area contributed by atoms with Gasteiger partial charge < -0.3 is 37.7 Å². The molecule has 0 bridgehead atoms. The summed E-state index contributed by atoms with van der Waals surface area (Å²) < 4.78 is 0. The smallest absolute Gasteiger partial charge is 1.00 e. The zero-order chi connectivity index (χ0) is 17.8. The molecular weight excluding hydrogens is 413 g/mol. The number of nitrogens with one attached hydrogen (secondary N) is 2. The number of imidazole rings is 2. The molecular formula is C14H20ClCuN7O3. The summed E-state index contributed by atoms with van der Waals surface area (Å²) in [5.41, 5.74) is 1.77. The molecule has 2 rings (SSSR count). The van der Waals surface area contributed by atoms with Crippen molar-refractivity contribution in [1.82, 2.24) is 19.9 Å². The predicted molar refractivity (Wildman–Crippen MR) is 91.2 cm³/mol. The first-order valence-corrected chi connectivity index (χ1v) is 7.32. The number of aryl methyl sites for hydroxylation is 2. The van der Waals surface area contributed by atoms with E-state index in [1.54, 1.807) is 12.4 Å². The zero-order valence-electron chi connectivity index (χ0n) is 14.3. The van der Waals surface area contributed by atoms with Gasteiger partial charge in [-0.2, -0.15) is 0 Å². The van der Waals surface area contributed by atoms with Gasteiger partial charge in [-0.25, -0.2) is 9.97 Å². The molecule has 2 aromatic heterocycles. The Morgan fingerprint density at radius 1 is 1.00 bits per heavy atom. The van der Waals surface area contributed by atoms with Crippen molar-refractivity contribution in [3.8, 4) is 0 Å². The summed E-state index contributed by atoms with van der Waals surface area (Å²) in [6.07, 6.45) is 9.37. The average molecular weight is 433 g/mol. The van der Waals surface area contributed by atoms with Crippen molar-refractivity contribution in [1.29, 1.82) is 0 Å². The van der Waals surface area contributed by atoms with Crippen LogP contribution < -0.4 is 12.4 Å². The summed E-state index contributed by atoms with van der Waals surface area (Å²) in [6.45, 7) is 5.47. The fourth-order valence-corrected chi connectivity index (χ4v) is 1.73. The molecule has 2 aromatic rings. The van der Waals surface area contributed by atoms with E-state index in [9.17, 15) is 0 Å². The number of halogens is 1. The molecule has 0 fully saturated rings. The van der Waals surface area contributed by atoms with Gasteiger partial charge in [-0.1, -0.05) is 0 Å². The summed E-state index contributed by atoms with van der Waals surface area (Å²) in [4.78, 5) is 31.5. The van der Waals surface area contributed by atoms with Crippen molar-refractivity contribution in [2.24, 2.45) is 9.98 Å². The Balaban J connectivity index is 0. The van der Waals surface area contributed by atoms with Gasteiger partial charge in [-0.3, -0.25) is 9.98 Å². The topological polar surface area (TPSA) is 148 Å². The molecule has 0 aliphatic heterocycles. The summed E-state index contributed by atoms with van der Waals surface area (Å²) in [7, 11) is 0. The van der Waals surface area contributed by atoms with Crippen molar-refractivity contribution >= 4 is 12.4 Å². The van der Waals surface area contributed by atoms with Crippen LogP contribution in [0.15, 0.2) is 22.4 Å². The molecule has 0 aromatic carbocycles. The Morgan fingerprint density at radius 3 is 1.62 bits per heavy atom. The number of unbranched alkanes of at least 4 members (excludes halogenated alkanes) is 1. The van der Waals surface area contributed by atoms with Gasteiger partial charge in [-0.05, 0) is 26.7 Å². The summed E-state index contributed by atoms with van der Waals surface area (Å²) in [5, 5.41) is 14.8. The van der Waals surface area contributed by atoms with Crippen LogP contribution in [0.5, 0.6) is 0 Å².